The van der Waals surface area contributed by atoms with E-state index in [1.54, 1.807) is 19.2 Å². The molecular weight excluding hydrogens is 344 g/mol. The lowest BCUT2D eigenvalue weighted by Gasteiger charge is -2.31. The lowest BCUT2D eigenvalue weighted by Crippen LogP contribution is -2.39. The van der Waals surface area contributed by atoms with E-state index in [9.17, 15) is 27.2 Å². The zero-order valence-electron chi connectivity index (χ0n) is 13.5. The first-order chi connectivity index (χ1) is 11.7. The van der Waals surface area contributed by atoms with Crippen molar-refractivity contribution in [2.24, 2.45) is 0 Å². The first kappa shape index (κ1) is 19.2. The number of carbonyl (C=O) groups excluding carboxylic acids is 2. The topological polar surface area (TPSA) is 58.6 Å². The number of para-hydroxylation sites is 1. The number of carbonyl (C=O) groups is 2. The molecule has 2 amide bonds. The molecule has 2 rings (SSSR count). The van der Waals surface area contributed by atoms with Gasteiger partial charge in [0.15, 0.2) is 0 Å². The molecule has 0 fully saturated rings. The molecule has 1 N–H and O–H groups in total. The van der Waals surface area contributed by atoms with E-state index < -0.39 is 31.5 Å². The van der Waals surface area contributed by atoms with E-state index in [-0.39, 0.29) is 24.8 Å². The van der Waals surface area contributed by atoms with Gasteiger partial charge in [0.25, 0.3) is 0 Å². The van der Waals surface area contributed by atoms with E-state index in [2.05, 4.69) is 10.1 Å². The number of ether oxygens (including phenoxy) is 1. The summed E-state index contributed by atoms with van der Waals surface area (Å²) in [5, 5.41) is 2.48. The first-order valence-electron chi connectivity index (χ1n) is 7.58. The lowest BCUT2D eigenvalue weighted by atomic mass is 9.89. The molecule has 0 aliphatic carbocycles. The van der Waals surface area contributed by atoms with Crippen LogP contribution in [-0.2, 0) is 14.3 Å². The molecule has 1 heterocycles. The molecule has 0 aromatic heterocycles. The van der Waals surface area contributed by atoms with Crippen molar-refractivity contribution in [2.45, 2.75) is 24.7 Å². The fourth-order valence-corrected chi connectivity index (χ4v) is 2.54. The number of hydrogen-bond donors (Lipinski definition) is 1. The summed E-state index contributed by atoms with van der Waals surface area (Å²) in [6, 6.07) is 7.24. The van der Waals surface area contributed by atoms with Crippen LogP contribution in [0.1, 0.15) is 17.9 Å². The second-order valence-electron chi connectivity index (χ2n) is 5.77. The van der Waals surface area contributed by atoms with Crippen LogP contribution < -0.4 is 10.2 Å². The maximum atomic E-state index is 12.7. The summed E-state index contributed by atoms with van der Waals surface area (Å²) in [5.41, 5.74) is 1.63. The Labute approximate surface area is 141 Å². The summed E-state index contributed by atoms with van der Waals surface area (Å²) >= 11 is 0. The van der Waals surface area contributed by atoms with E-state index in [1.165, 1.54) is 4.90 Å². The van der Waals surface area contributed by atoms with E-state index in [4.69, 9.17) is 0 Å². The van der Waals surface area contributed by atoms with Crippen LogP contribution in [0, 0.1) is 0 Å². The summed E-state index contributed by atoms with van der Waals surface area (Å²) in [7, 11) is 1.66. The van der Waals surface area contributed by atoms with Crippen molar-refractivity contribution in [1.82, 2.24) is 5.32 Å². The molecule has 0 bridgehead atoms. The van der Waals surface area contributed by atoms with Gasteiger partial charge in [-0.1, -0.05) is 18.2 Å². The third-order valence-electron chi connectivity index (χ3n) is 3.93. The van der Waals surface area contributed by atoms with Gasteiger partial charge in [-0.05, 0) is 11.6 Å². The summed E-state index contributed by atoms with van der Waals surface area (Å²) in [4.78, 5) is 25.2. The van der Waals surface area contributed by atoms with E-state index in [1.807, 2.05) is 12.1 Å². The largest absolute Gasteiger partial charge is 0.365 e. The highest BCUT2D eigenvalue weighted by molar-refractivity contribution is 5.96. The first-order valence-corrected chi connectivity index (χ1v) is 7.58. The number of nitrogens with zero attached hydrogens (tertiary/aromatic N) is 1. The fraction of sp³-hybridized carbons (Fsp3) is 0.500. The van der Waals surface area contributed by atoms with Crippen LogP contribution in [0.25, 0.3) is 0 Å². The molecule has 0 saturated carbocycles. The minimum absolute atomic E-state index is 0.106. The SMILES string of the molecule is CN1C(=O)CC(CNC(=O)COCC(F)(F)C(F)F)c2ccccc21. The van der Waals surface area contributed by atoms with Crippen LogP contribution in [0.4, 0.5) is 23.2 Å². The van der Waals surface area contributed by atoms with Crippen LogP contribution in [0.3, 0.4) is 0 Å². The average Bonchev–Trinajstić information content (AvgIpc) is 2.56. The number of alkyl halides is 4. The van der Waals surface area contributed by atoms with Crippen molar-refractivity contribution in [3.8, 4) is 0 Å². The normalized spacial score (nSPS) is 17.6. The molecular formula is C16H18F4N2O3. The van der Waals surface area contributed by atoms with Gasteiger partial charge in [-0.25, -0.2) is 8.78 Å². The Kier molecular flexibility index (Phi) is 5.99. The van der Waals surface area contributed by atoms with Crippen molar-refractivity contribution in [3.05, 3.63) is 29.8 Å². The molecule has 1 aliphatic rings. The molecule has 1 unspecified atom stereocenters. The van der Waals surface area contributed by atoms with E-state index in [0.29, 0.717) is 0 Å². The van der Waals surface area contributed by atoms with Crippen molar-refractivity contribution in [1.29, 1.82) is 0 Å². The number of rotatable bonds is 7. The monoisotopic (exact) mass is 362 g/mol. The molecule has 1 aliphatic heterocycles. The molecule has 0 radical (unpaired) electrons. The van der Waals surface area contributed by atoms with Crippen molar-refractivity contribution < 1.29 is 31.9 Å². The maximum absolute atomic E-state index is 12.7. The molecule has 1 atom stereocenters. The number of nitrogens with one attached hydrogen (secondary N) is 1. The highest BCUT2D eigenvalue weighted by Crippen LogP contribution is 2.34. The quantitative estimate of drug-likeness (QED) is 0.757. The molecule has 25 heavy (non-hydrogen) atoms. The zero-order chi connectivity index (χ0) is 18.6. The molecule has 5 nitrogen and oxygen atoms in total. The Balaban J connectivity index is 1.86. The second-order valence-corrected chi connectivity index (χ2v) is 5.77. The van der Waals surface area contributed by atoms with Crippen LogP contribution in [0.15, 0.2) is 24.3 Å². The Morgan fingerprint density at radius 3 is 2.76 bits per heavy atom. The smallest absolute Gasteiger partial charge is 0.330 e. The number of fused-ring (bicyclic) bond motifs is 1. The van der Waals surface area contributed by atoms with Crippen LogP contribution in [-0.4, -0.2) is 51.0 Å². The Morgan fingerprint density at radius 1 is 1.40 bits per heavy atom. The van der Waals surface area contributed by atoms with Gasteiger partial charge < -0.3 is 15.0 Å². The Morgan fingerprint density at radius 2 is 2.08 bits per heavy atom. The lowest BCUT2D eigenvalue weighted by molar-refractivity contribution is -0.168. The van der Waals surface area contributed by atoms with Gasteiger partial charge in [0, 0.05) is 31.6 Å². The minimum Gasteiger partial charge on any atom is -0.365 e. The van der Waals surface area contributed by atoms with Gasteiger partial charge in [0.2, 0.25) is 11.8 Å². The summed E-state index contributed by atoms with van der Waals surface area (Å²) in [6.45, 7) is -2.18. The fourth-order valence-electron chi connectivity index (χ4n) is 2.54. The van der Waals surface area contributed by atoms with Gasteiger partial charge in [0.1, 0.15) is 13.2 Å². The second kappa shape index (κ2) is 7.81. The molecule has 138 valence electrons. The van der Waals surface area contributed by atoms with Gasteiger partial charge in [-0.15, -0.1) is 0 Å². The summed E-state index contributed by atoms with van der Waals surface area (Å²) < 4.78 is 53.6. The molecule has 9 heteroatoms. The van der Waals surface area contributed by atoms with E-state index in [0.717, 1.165) is 11.3 Å². The number of anilines is 1. The molecule has 0 spiro atoms. The minimum atomic E-state index is -4.29. The van der Waals surface area contributed by atoms with Crippen LogP contribution >= 0.6 is 0 Å². The van der Waals surface area contributed by atoms with Crippen molar-refractivity contribution in [2.75, 3.05) is 31.7 Å². The van der Waals surface area contributed by atoms with Crippen molar-refractivity contribution >= 4 is 17.5 Å². The zero-order valence-corrected chi connectivity index (χ0v) is 13.5. The maximum Gasteiger partial charge on any atom is 0.330 e. The van der Waals surface area contributed by atoms with E-state index >= 15 is 0 Å². The standard InChI is InChI=1S/C16H18F4N2O3/c1-22-12-5-3-2-4-11(12)10(6-14(22)24)7-21-13(23)8-25-9-16(19,20)15(17)18/h2-5,10,15H,6-9H2,1H3,(H,21,23). The van der Waals surface area contributed by atoms with Gasteiger partial charge in [-0.2, -0.15) is 8.78 Å². The number of amides is 2. The highest BCUT2D eigenvalue weighted by Gasteiger charge is 2.41. The third kappa shape index (κ3) is 4.68. The van der Waals surface area contributed by atoms with Gasteiger partial charge >= 0.3 is 12.3 Å². The Hall–Kier alpha value is -2.16. The number of halogens is 4. The summed E-state index contributed by atoms with van der Waals surface area (Å²) in [5.74, 6) is -5.37. The average molecular weight is 362 g/mol. The van der Waals surface area contributed by atoms with Gasteiger partial charge in [-0.3, -0.25) is 9.59 Å². The highest BCUT2D eigenvalue weighted by atomic mass is 19.3. The molecule has 0 saturated heterocycles. The van der Waals surface area contributed by atoms with Crippen LogP contribution in [0.2, 0.25) is 0 Å². The Bertz CT molecular complexity index is 640. The molecule has 1 aromatic rings. The predicted molar refractivity (Wildman–Crippen MR) is 82.0 cm³/mol. The predicted octanol–water partition coefficient (Wildman–Crippen LogP) is 2.17. The third-order valence-corrected chi connectivity index (χ3v) is 3.93. The van der Waals surface area contributed by atoms with Gasteiger partial charge in [0.05, 0.1) is 0 Å². The van der Waals surface area contributed by atoms with Crippen LogP contribution in [0.5, 0.6) is 0 Å². The summed E-state index contributed by atoms with van der Waals surface area (Å²) in [6.07, 6.45) is -3.66. The number of benzene rings is 1. The number of hydrogen-bond acceptors (Lipinski definition) is 3. The molecule has 1 aromatic carbocycles. The van der Waals surface area contributed by atoms with Crippen molar-refractivity contribution in [3.63, 3.8) is 0 Å².